The first-order valence-corrected chi connectivity index (χ1v) is 8.71. The maximum Gasteiger partial charge on any atom is 0.407 e. The highest BCUT2D eigenvalue weighted by Gasteiger charge is 2.49. The molecule has 1 aromatic carbocycles. The largest absolute Gasteiger partial charge is 0.446 e. The van der Waals surface area contributed by atoms with E-state index in [4.69, 9.17) is 4.74 Å². The summed E-state index contributed by atoms with van der Waals surface area (Å²) in [4.78, 5) is 12.3. The molecular weight excluding hydrogens is 274 g/mol. The molecule has 1 N–H and O–H groups in total. The lowest BCUT2D eigenvalue weighted by atomic mass is 9.55. The van der Waals surface area contributed by atoms with Crippen LogP contribution in [0, 0.1) is 23.7 Å². The Labute approximate surface area is 132 Å². The number of amides is 1. The molecule has 0 radical (unpaired) electrons. The van der Waals surface area contributed by atoms with Crippen LogP contribution in [0.4, 0.5) is 4.79 Å². The molecule has 1 aromatic rings. The molecule has 4 fully saturated rings. The molecule has 4 aliphatic rings. The first-order valence-electron chi connectivity index (χ1n) is 8.71. The monoisotopic (exact) mass is 299 g/mol. The van der Waals surface area contributed by atoms with Gasteiger partial charge in [-0.3, -0.25) is 0 Å². The topological polar surface area (TPSA) is 38.3 Å². The lowest BCUT2D eigenvalue weighted by molar-refractivity contribution is -0.0964. The summed E-state index contributed by atoms with van der Waals surface area (Å²) in [6, 6.07) is 10.0. The number of nitrogens with one attached hydrogen (secondary N) is 1. The number of alkyl carbamates (subject to hydrolysis) is 1. The Balaban J connectivity index is 1.36. The average molecular weight is 299 g/mol. The Kier molecular flexibility index (Phi) is 3.59. The van der Waals surface area contributed by atoms with Gasteiger partial charge in [0.1, 0.15) is 6.10 Å². The molecule has 1 atom stereocenters. The Morgan fingerprint density at radius 3 is 2.23 bits per heavy atom. The van der Waals surface area contributed by atoms with Gasteiger partial charge in [0.15, 0.2) is 0 Å². The molecule has 4 bridgehead atoms. The van der Waals surface area contributed by atoms with E-state index in [0.29, 0.717) is 11.8 Å². The minimum atomic E-state index is -0.242. The molecule has 3 nitrogen and oxygen atoms in total. The van der Waals surface area contributed by atoms with E-state index in [-0.39, 0.29) is 18.2 Å². The SMILES string of the molecule is CC(NC(=O)OC1C2CC3CC(C2)CC1C3)c1ccccc1. The van der Waals surface area contributed by atoms with Crippen LogP contribution in [0.2, 0.25) is 0 Å². The van der Waals surface area contributed by atoms with Crippen LogP contribution in [0.15, 0.2) is 30.3 Å². The van der Waals surface area contributed by atoms with E-state index in [0.717, 1.165) is 17.4 Å². The predicted molar refractivity (Wildman–Crippen MR) is 85.3 cm³/mol. The van der Waals surface area contributed by atoms with Crippen LogP contribution in [0.1, 0.15) is 50.6 Å². The first kappa shape index (κ1) is 14.1. The van der Waals surface area contributed by atoms with Gasteiger partial charge in [0.25, 0.3) is 0 Å². The fraction of sp³-hybridized carbons (Fsp3) is 0.632. The van der Waals surface area contributed by atoms with E-state index in [1.165, 1.54) is 32.1 Å². The van der Waals surface area contributed by atoms with Gasteiger partial charge in [0.05, 0.1) is 6.04 Å². The molecular formula is C19H25NO2. The molecule has 0 aliphatic heterocycles. The van der Waals surface area contributed by atoms with Crippen LogP contribution in [0.5, 0.6) is 0 Å². The molecule has 4 aliphatic carbocycles. The van der Waals surface area contributed by atoms with Gasteiger partial charge < -0.3 is 10.1 Å². The standard InChI is InChI=1S/C19H25NO2/c1-12(15-5-3-2-4-6-15)20-19(21)22-18-16-8-13-7-14(10-16)11-17(18)9-13/h2-6,12-14,16-18H,7-11H2,1H3,(H,20,21). The lowest BCUT2D eigenvalue weighted by Gasteiger charge is -2.53. The van der Waals surface area contributed by atoms with Crippen molar-refractivity contribution in [2.45, 2.75) is 51.2 Å². The minimum Gasteiger partial charge on any atom is -0.446 e. The summed E-state index contributed by atoms with van der Waals surface area (Å²) in [5.74, 6) is 3.06. The van der Waals surface area contributed by atoms with E-state index in [9.17, 15) is 4.79 Å². The third-order valence-electron chi connectivity index (χ3n) is 6.02. The van der Waals surface area contributed by atoms with Crippen molar-refractivity contribution in [2.24, 2.45) is 23.7 Å². The van der Waals surface area contributed by atoms with Crippen LogP contribution in [0.3, 0.4) is 0 Å². The Hall–Kier alpha value is -1.51. The summed E-state index contributed by atoms with van der Waals surface area (Å²) < 4.78 is 5.87. The molecule has 118 valence electrons. The van der Waals surface area contributed by atoms with Crippen molar-refractivity contribution < 1.29 is 9.53 Å². The quantitative estimate of drug-likeness (QED) is 0.903. The highest BCUT2D eigenvalue weighted by atomic mass is 16.6. The average Bonchev–Trinajstić information content (AvgIpc) is 2.51. The van der Waals surface area contributed by atoms with E-state index in [2.05, 4.69) is 5.32 Å². The second kappa shape index (κ2) is 5.60. The van der Waals surface area contributed by atoms with Crippen LogP contribution in [-0.4, -0.2) is 12.2 Å². The number of rotatable bonds is 3. The summed E-state index contributed by atoms with van der Waals surface area (Å²) in [5.41, 5.74) is 1.12. The molecule has 4 saturated carbocycles. The summed E-state index contributed by atoms with van der Waals surface area (Å²) >= 11 is 0. The van der Waals surface area contributed by atoms with Crippen LogP contribution < -0.4 is 5.32 Å². The summed E-state index contributed by atoms with van der Waals surface area (Å²) in [7, 11) is 0. The van der Waals surface area contributed by atoms with Crippen molar-refractivity contribution in [3.63, 3.8) is 0 Å². The third kappa shape index (κ3) is 2.62. The molecule has 1 unspecified atom stereocenters. The number of hydrogen-bond acceptors (Lipinski definition) is 2. The van der Waals surface area contributed by atoms with Gasteiger partial charge in [0, 0.05) is 0 Å². The molecule has 0 heterocycles. The molecule has 0 aromatic heterocycles. The summed E-state index contributed by atoms with van der Waals surface area (Å²) in [5, 5.41) is 2.99. The maximum atomic E-state index is 12.3. The molecule has 22 heavy (non-hydrogen) atoms. The van der Waals surface area contributed by atoms with E-state index in [1.807, 2.05) is 37.3 Å². The van der Waals surface area contributed by atoms with Gasteiger partial charge in [-0.25, -0.2) is 4.79 Å². The van der Waals surface area contributed by atoms with E-state index < -0.39 is 0 Å². The zero-order valence-corrected chi connectivity index (χ0v) is 13.2. The second-order valence-corrected chi connectivity index (χ2v) is 7.58. The smallest absolute Gasteiger partial charge is 0.407 e. The normalized spacial score (nSPS) is 36.9. The molecule has 0 saturated heterocycles. The highest BCUT2D eigenvalue weighted by molar-refractivity contribution is 5.68. The fourth-order valence-electron chi connectivity index (χ4n) is 5.23. The molecule has 0 spiro atoms. The first-order chi connectivity index (χ1) is 10.7. The zero-order chi connectivity index (χ0) is 15.1. The van der Waals surface area contributed by atoms with Crippen molar-refractivity contribution >= 4 is 6.09 Å². The number of hydrogen-bond donors (Lipinski definition) is 1. The van der Waals surface area contributed by atoms with Crippen molar-refractivity contribution in [3.05, 3.63) is 35.9 Å². The van der Waals surface area contributed by atoms with Crippen LogP contribution in [-0.2, 0) is 4.74 Å². The number of carbonyl (C=O) groups excluding carboxylic acids is 1. The fourth-order valence-corrected chi connectivity index (χ4v) is 5.23. The Morgan fingerprint density at radius 1 is 1.05 bits per heavy atom. The predicted octanol–water partition coefficient (Wildman–Crippen LogP) is 4.30. The maximum absolute atomic E-state index is 12.3. The number of benzene rings is 1. The van der Waals surface area contributed by atoms with E-state index >= 15 is 0 Å². The van der Waals surface area contributed by atoms with Gasteiger partial charge in [-0.05, 0) is 68.3 Å². The van der Waals surface area contributed by atoms with Crippen LogP contribution in [0.25, 0.3) is 0 Å². The van der Waals surface area contributed by atoms with Gasteiger partial charge >= 0.3 is 6.09 Å². The summed E-state index contributed by atoms with van der Waals surface area (Å²) in [6.45, 7) is 2.01. The van der Waals surface area contributed by atoms with Crippen molar-refractivity contribution in [1.82, 2.24) is 5.32 Å². The Morgan fingerprint density at radius 2 is 1.64 bits per heavy atom. The number of ether oxygens (including phenoxy) is 1. The molecule has 5 rings (SSSR count). The van der Waals surface area contributed by atoms with Crippen LogP contribution >= 0.6 is 0 Å². The third-order valence-corrected chi connectivity index (χ3v) is 6.02. The Bertz CT molecular complexity index is 514. The highest BCUT2D eigenvalue weighted by Crippen LogP contribution is 2.54. The van der Waals surface area contributed by atoms with Crippen molar-refractivity contribution in [2.75, 3.05) is 0 Å². The molecule has 1 amide bonds. The van der Waals surface area contributed by atoms with Gasteiger partial charge in [-0.2, -0.15) is 0 Å². The number of carbonyl (C=O) groups is 1. The lowest BCUT2D eigenvalue weighted by Crippen LogP contribution is -2.51. The van der Waals surface area contributed by atoms with Gasteiger partial charge in [0.2, 0.25) is 0 Å². The second-order valence-electron chi connectivity index (χ2n) is 7.58. The van der Waals surface area contributed by atoms with Gasteiger partial charge in [-0.1, -0.05) is 30.3 Å². The van der Waals surface area contributed by atoms with Gasteiger partial charge in [-0.15, -0.1) is 0 Å². The minimum absolute atomic E-state index is 0.00876. The van der Waals surface area contributed by atoms with Crippen molar-refractivity contribution in [1.29, 1.82) is 0 Å². The van der Waals surface area contributed by atoms with Crippen molar-refractivity contribution in [3.8, 4) is 0 Å². The zero-order valence-electron chi connectivity index (χ0n) is 13.2. The van der Waals surface area contributed by atoms with E-state index in [1.54, 1.807) is 0 Å². The summed E-state index contributed by atoms with van der Waals surface area (Å²) in [6.07, 6.45) is 6.46. The molecule has 3 heteroatoms.